The molecular weight excluding hydrogens is 259 g/mol. The lowest BCUT2D eigenvalue weighted by atomic mass is 9.92. The first-order valence-corrected chi connectivity index (χ1v) is 6.80. The van der Waals surface area contributed by atoms with Crippen LogP contribution < -0.4 is 0 Å². The number of rotatable bonds is 6. The summed E-state index contributed by atoms with van der Waals surface area (Å²) >= 11 is 0. The van der Waals surface area contributed by atoms with Crippen molar-refractivity contribution in [3.05, 3.63) is 0 Å². The molecule has 0 aromatic heterocycles. The van der Waals surface area contributed by atoms with E-state index in [1.54, 1.807) is 0 Å². The first-order chi connectivity index (χ1) is 8.78. The van der Waals surface area contributed by atoms with Crippen molar-refractivity contribution in [3.8, 4) is 0 Å². The highest BCUT2D eigenvalue weighted by molar-refractivity contribution is 5.67. The Labute approximate surface area is 111 Å². The molecule has 0 amide bonds. The van der Waals surface area contributed by atoms with Crippen molar-refractivity contribution in [1.82, 2.24) is 4.90 Å². The molecule has 0 radical (unpaired) electrons. The van der Waals surface area contributed by atoms with Gasteiger partial charge in [0.1, 0.15) is 0 Å². The van der Waals surface area contributed by atoms with Gasteiger partial charge in [0.05, 0.1) is 0 Å². The molecule has 1 rings (SSSR count). The highest BCUT2D eigenvalue weighted by Crippen LogP contribution is 2.26. The molecule has 112 valence electrons. The summed E-state index contributed by atoms with van der Waals surface area (Å²) in [5.74, 6) is -0.548. The third kappa shape index (κ3) is 6.80. The third-order valence-corrected chi connectivity index (χ3v) is 3.82. The van der Waals surface area contributed by atoms with Gasteiger partial charge in [-0.3, -0.25) is 4.79 Å². The number of hydrogen-bond acceptors (Lipinski definition) is 2. The molecule has 0 spiro atoms. The van der Waals surface area contributed by atoms with Crippen LogP contribution in [0.2, 0.25) is 0 Å². The minimum Gasteiger partial charge on any atom is -0.481 e. The van der Waals surface area contributed by atoms with Crippen molar-refractivity contribution in [2.75, 3.05) is 13.1 Å². The topological polar surface area (TPSA) is 40.5 Å². The number of hydrogen-bond donors (Lipinski definition) is 1. The maximum absolute atomic E-state index is 12.1. The predicted molar refractivity (Wildman–Crippen MR) is 65.9 cm³/mol. The molecule has 1 atom stereocenters. The standard InChI is InChI=1S/C13H22F3NO2/c1-10(3-2-6-13(14,15)16)17-7-4-11(5-8-17)9-12(18)19/h10-11H,2-9H2,1H3,(H,18,19). The van der Waals surface area contributed by atoms with E-state index in [0.717, 1.165) is 25.9 Å². The van der Waals surface area contributed by atoms with Gasteiger partial charge < -0.3 is 10.0 Å². The Bertz CT molecular complexity index is 286. The van der Waals surface area contributed by atoms with Crippen LogP contribution in [-0.4, -0.2) is 41.3 Å². The molecule has 1 heterocycles. The van der Waals surface area contributed by atoms with Crippen LogP contribution in [0.3, 0.4) is 0 Å². The Hall–Kier alpha value is -0.780. The molecule has 1 aliphatic heterocycles. The van der Waals surface area contributed by atoms with Crippen molar-refractivity contribution in [2.24, 2.45) is 5.92 Å². The molecule has 0 saturated carbocycles. The predicted octanol–water partition coefficient (Wildman–Crippen LogP) is 3.29. The number of likely N-dealkylation sites (tertiary alicyclic amines) is 1. The molecular formula is C13H22F3NO2. The zero-order valence-corrected chi connectivity index (χ0v) is 11.2. The Balaban J connectivity index is 2.21. The van der Waals surface area contributed by atoms with Crippen molar-refractivity contribution >= 4 is 5.97 Å². The fourth-order valence-corrected chi connectivity index (χ4v) is 2.63. The van der Waals surface area contributed by atoms with Crippen LogP contribution in [0.25, 0.3) is 0 Å². The summed E-state index contributed by atoms with van der Waals surface area (Å²) in [6.45, 7) is 3.55. The molecule has 6 heteroatoms. The minimum atomic E-state index is -4.06. The highest BCUT2D eigenvalue weighted by atomic mass is 19.4. The van der Waals surface area contributed by atoms with E-state index in [4.69, 9.17) is 5.11 Å². The van der Waals surface area contributed by atoms with Gasteiger partial charge in [-0.1, -0.05) is 0 Å². The van der Waals surface area contributed by atoms with E-state index >= 15 is 0 Å². The number of alkyl halides is 3. The maximum Gasteiger partial charge on any atom is 0.389 e. The van der Waals surface area contributed by atoms with Crippen LogP contribution in [0.15, 0.2) is 0 Å². The smallest absolute Gasteiger partial charge is 0.389 e. The van der Waals surface area contributed by atoms with Crippen molar-refractivity contribution in [3.63, 3.8) is 0 Å². The molecule has 0 aromatic carbocycles. The maximum atomic E-state index is 12.1. The second-order valence-electron chi connectivity index (χ2n) is 5.43. The van der Waals surface area contributed by atoms with Gasteiger partial charge in [0.15, 0.2) is 0 Å². The van der Waals surface area contributed by atoms with Crippen molar-refractivity contribution < 1.29 is 23.1 Å². The summed E-state index contributed by atoms with van der Waals surface area (Å²) in [5.41, 5.74) is 0. The lowest BCUT2D eigenvalue weighted by Gasteiger charge is -2.35. The normalized spacial score (nSPS) is 20.4. The molecule has 19 heavy (non-hydrogen) atoms. The van der Waals surface area contributed by atoms with Crippen LogP contribution >= 0.6 is 0 Å². The van der Waals surface area contributed by atoms with Gasteiger partial charge in [-0.2, -0.15) is 13.2 Å². The number of nitrogens with zero attached hydrogens (tertiary/aromatic N) is 1. The molecule has 1 fully saturated rings. The zero-order chi connectivity index (χ0) is 14.5. The summed E-state index contributed by atoms with van der Waals surface area (Å²) in [4.78, 5) is 12.8. The average Bonchev–Trinajstić information content (AvgIpc) is 2.27. The van der Waals surface area contributed by atoms with Gasteiger partial charge in [-0.15, -0.1) is 0 Å². The van der Waals surface area contributed by atoms with E-state index in [1.165, 1.54) is 0 Å². The molecule has 0 aliphatic carbocycles. The largest absolute Gasteiger partial charge is 0.481 e. The fourth-order valence-electron chi connectivity index (χ4n) is 2.63. The summed E-state index contributed by atoms with van der Waals surface area (Å²) in [6.07, 6.45) is -2.20. The van der Waals surface area contributed by atoms with E-state index in [2.05, 4.69) is 4.90 Å². The van der Waals surface area contributed by atoms with Crippen LogP contribution in [0, 0.1) is 5.92 Å². The van der Waals surface area contributed by atoms with E-state index in [1.807, 2.05) is 6.92 Å². The Morgan fingerprint density at radius 2 is 1.95 bits per heavy atom. The van der Waals surface area contributed by atoms with Crippen molar-refractivity contribution in [2.45, 2.75) is 57.7 Å². The van der Waals surface area contributed by atoms with Crippen LogP contribution in [0.5, 0.6) is 0 Å². The molecule has 1 N–H and O–H groups in total. The van der Waals surface area contributed by atoms with Gasteiger partial charge in [0.2, 0.25) is 0 Å². The molecule has 1 aliphatic rings. The second-order valence-corrected chi connectivity index (χ2v) is 5.43. The second kappa shape index (κ2) is 7.12. The fraction of sp³-hybridized carbons (Fsp3) is 0.923. The summed E-state index contributed by atoms with van der Waals surface area (Å²) < 4.78 is 36.2. The molecule has 0 aromatic rings. The van der Waals surface area contributed by atoms with E-state index in [-0.39, 0.29) is 24.8 Å². The van der Waals surface area contributed by atoms with Gasteiger partial charge in [-0.05, 0) is 51.6 Å². The lowest BCUT2D eigenvalue weighted by molar-refractivity contribution is -0.138. The first kappa shape index (κ1) is 16.3. The lowest BCUT2D eigenvalue weighted by Crippen LogP contribution is -2.40. The quantitative estimate of drug-likeness (QED) is 0.812. The monoisotopic (exact) mass is 281 g/mol. The Kier molecular flexibility index (Phi) is 6.10. The van der Waals surface area contributed by atoms with Gasteiger partial charge in [0, 0.05) is 18.9 Å². The molecule has 1 saturated heterocycles. The number of halogens is 3. The van der Waals surface area contributed by atoms with E-state index in [9.17, 15) is 18.0 Å². The third-order valence-electron chi connectivity index (χ3n) is 3.82. The summed E-state index contributed by atoms with van der Waals surface area (Å²) in [5, 5.41) is 8.71. The van der Waals surface area contributed by atoms with E-state index < -0.39 is 18.6 Å². The van der Waals surface area contributed by atoms with Crippen molar-refractivity contribution in [1.29, 1.82) is 0 Å². The molecule has 1 unspecified atom stereocenters. The van der Waals surface area contributed by atoms with Gasteiger partial charge in [-0.25, -0.2) is 0 Å². The Morgan fingerprint density at radius 3 is 2.42 bits per heavy atom. The summed E-state index contributed by atoms with van der Waals surface area (Å²) in [6, 6.07) is 0.146. The Morgan fingerprint density at radius 1 is 1.37 bits per heavy atom. The molecule has 3 nitrogen and oxygen atoms in total. The van der Waals surface area contributed by atoms with Crippen LogP contribution in [-0.2, 0) is 4.79 Å². The SMILES string of the molecule is CC(CCCC(F)(F)F)N1CCC(CC(=O)O)CC1. The number of carboxylic acids is 1. The number of carboxylic acid groups (broad SMARTS) is 1. The number of carbonyl (C=O) groups is 1. The average molecular weight is 281 g/mol. The number of aliphatic carboxylic acids is 1. The first-order valence-electron chi connectivity index (χ1n) is 6.80. The highest BCUT2D eigenvalue weighted by Gasteiger charge is 2.28. The zero-order valence-electron chi connectivity index (χ0n) is 11.2. The van der Waals surface area contributed by atoms with Crippen LogP contribution in [0.1, 0.15) is 45.4 Å². The number of piperidine rings is 1. The summed E-state index contributed by atoms with van der Waals surface area (Å²) in [7, 11) is 0. The van der Waals surface area contributed by atoms with Crippen LogP contribution in [0.4, 0.5) is 13.2 Å². The van der Waals surface area contributed by atoms with E-state index in [0.29, 0.717) is 6.42 Å². The molecule has 0 bridgehead atoms. The minimum absolute atomic E-state index is 0.146. The van der Waals surface area contributed by atoms with Gasteiger partial charge >= 0.3 is 12.1 Å². The van der Waals surface area contributed by atoms with Gasteiger partial charge in [0.25, 0.3) is 0 Å².